The molecule has 0 radical (unpaired) electrons. The number of hydrogen-bond donors (Lipinski definition) is 1. The molecule has 0 aliphatic carbocycles. The Labute approximate surface area is 130 Å². The first kappa shape index (κ1) is 14.4. The Hall–Kier alpha value is -1.51. The first-order valence-electron chi connectivity index (χ1n) is 7.38. The van der Waals surface area contributed by atoms with Crippen LogP contribution in [-0.4, -0.2) is 13.2 Å². The smallest absolute Gasteiger partial charge is 0.125 e. The lowest BCUT2D eigenvalue weighted by Crippen LogP contribution is -2.15. The van der Waals surface area contributed by atoms with E-state index in [1.165, 1.54) is 22.3 Å². The predicted octanol–water partition coefficient (Wildman–Crippen LogP) is 3.87. The first-order valence-corrected chi connectivity index (χ1v) is 7.76. The summed E-state index contributed by atoms with van der Waals surface area (Å²) in [4.78, 5) is 0. The topological polar surface area (TPSA) is 35.2 Å². The van der Waals surface area contributed by atoms with E-state index >= 15 is 0 Å². The maximum absolute atomic E-state index is 6.24. The second-order valence-electron chi connectivity index (χ2n) is 5.70. The summed E-state index contributed by atoms with van der Waals surface area (Å²) in [6, 6.07) is 12.6. The van der Waals surface area contributed by atoms with E-state index in [0.717, 1.165) is 30.2 Å². The summed E-state index contributed by atoms with van der Waals surface area (Å²) in [6.07, 6.45) is 1.81. The van der Waals surface area contributed by atoms with Crippen LogP contribution in [0.1, 0.15) is 28.2 Å². The number of aryl methyl sites for hydroxylation is 1. The molecule has 2 aromatic rings. The van der Waals surface area contributed by atoms with E-state index < -0.39 is 0 Å². The Bertz CT molecular complexity index is 636. The molecule has 1 aliphatic heterocycles. The lowest BCUT2D eigenvalue weighted by Gasteiger charge is -2.18. The summed E-state index contributed by atoms with van der Waals surface area (Å²) in [7, 11) is 0. The van der Waals surface area contributed by atoms with Crippen molar-refractivity contribution in [3.63, 3.8) is 0 Å². The number of hydrogen-bond acceptors (Lipinski definition) is 2. The first-order chi connectivity index (χ1) is 10.2. The van der Waals surface area contributed by atoms with E-state index in [1.807, 2.05) is 12.1 Å². The molecule has 110 valence electrons. The maximum atomic E-state index is 6.24. The van der Waals surface area contributed by atoms with Gasteiger partial charge in [0.15, 0.2) is 0 Å². The van der Waals surface area contributed by atoms with Crippen LogP contribution in [0.25, 0.3) is 0 Å². The molecular formula is C18H20ClNO. The third-order valence-electron chi connectivity index (χ3n) is 4.12. The fraction of sp³-hybridized carbons (Fsp3) is 0.333. The molecule has 0 saturated carbocycles. The third-order valence-corrected chi connectivity index (χ3v) is 4.34. The zero-order valence-electron chi connectivity index (χ0n) is 12.2. The number of benzene rings is 2. The van der Waals surface area contributed by atoms with Crippen molar-refractivity contribution in [3.8, 4) is 5.75 Å². The Morgan fingerprint density at radius 2 is 2.00 bits per heavy atom. The fourth-order valence-corrected chi connectivity index (χ4v) is 3.20. The predicted molar refractivity (Wildman–Crippen MR) is 87.3 cm³/mol. The molecule has 2 N–H and O–H groups in total. The van der Waals surface area contributed by atoms with Gasteiger partial charge in [0.05, 0.1) is 6.61 Å². The van der Waals surface area contributed by atoms with Crippen LogP contribution in [0, 0.1) is 6.92 Å². The molecule has 1 heterocycles. The van der Waals surface area contributed by atoms with Crippen LogP contribution in [0.5, 0.6) is 5.75 Å². The zero-order chi connectivity index (χ0) is 14.8. The van der Waals surface area contributed by atoms with Gasteiger partial charge in [-0.15, -0.1) is 0 Å². The summed E-state index contributed by atoms with van der Waals surface area (Å²) >= 11 is 6.24. The number of rotatable bonds is 4. The van der Waals surface area contributed by atoms with E-state index in [2.05, 4.69) is 31.2 Å². The van der Waals surface area contributed by atoms with Crippen molar-refractivity contribution in [2.45, 2.75) is 25.7 Å². The average Bonchev–Trinajstić information content (AvgIpc) is 2.94. The lowest BCUT2D eigenvalue weighted by atomic mass is 9.90. The van der Waals surface area contributed by atoms with Gasteiger partial charge in [0.2, 0.25) is 0 Å². The molecule has 1 atom stereocenters. The van der Waals surface area contributed by atoms with Crippen molar-refractivity contribution < 1.29 is 4.74 Å². The van der Waals surface area contributed by atoms with E-state index in [1.54, 1.807) is 0 Å². The van der Waals surface area contributed by atoms with E-state index in [4.69, 9.17) is 22.1 Å². The SMILES string of the molecule is Cc1ccc(C(CN)Cc2cc(Cl)cc3c2OCC3)cc1. The summed E-state index contributed by atoms with van der Waals surface area (Å²) in [5, 5.41) is 0.786. The number of nitrogens with two attached hydrogens (primary N) is 1. The molecule has 3 heteroatoms. The van der Waals surface area contributed by atoms with Crippen molar-refractivity contribution >= 4 is 11.6 Å². The largest absolute Gasteiger partial charge is 0.493 e. The van der Waals surface area contributed by atoms with Gasteiger partial charge in [0, 0.05) is 17.4 Å². The van der Waals surface area contributed by atoms with Crippen LogP contribution >= 0.6 is 11.6 Å². The van der Waals surface area contributed by atoms with Crippen LogP contribution in [0.3, 0.4) is 0 Å². The van der Waals surface area contributed by atoms with Crippen molar-refractivity contribution in [3.05, 3.63) is 63.7 Å². The van der Waals surface area contributed by atoms with E-state index in [9.17, 15) is 0 Å². The number of ether oxygens (including phenoxy) is 1. The van der Waals surface area contributed by atoms with Gasteiger partial charge in [0.25, 0.3) is 0 Å². The highest BCUT2D eigenvalue weighted by atomic mass is 35.5. The number of halogens is 1. The Balaban J connectivity index is 1.89. The number of fused-ring (bicyclic) bond motifs is 1. The van der Waals surface area contributed by atoms with Gasteiger partial charge in [0.1, 0.15) is 5.75 Å². The molecule has 0 aromatic heterocycles. The Kier molecular flexibility index (Phi) is 4.18. The van der Waals surface area contributed by atoms with Crippen molar-refractivity contribution in [2.75, 3.05) is 13.2 Å². The normalized spacial score (nSPS) is 14.6. The van der Waals surface area contributed by atoms with Crippen molar-refractivity contribution in [2.24, 2.45) is 5.73 Å². The van der Waals surface area contributed by atoms with Crippen LogP contribution in [0.15, 0.2) is 36.4 Å². The third kappa shape index (κ3) is 3.07. The molecule has 2 aromatic carbocycles. The highest BCUT2D eigenvalue weighted by molar-refractivity contribution is 6.30. The quantitative estimate of drug-likeness (QED) is 0.930. The highest BCUT2D eigenvalue weighted by Gasteiger charge is 2.20. The minimum atomic E-state index is 0.289. The van der Waals surface area contributed by atoms with Crippen LogP contribution in [0.4, 0.5) is 0 Å². The monoisotopic (exact) mass is 301 g/mol. The second kappa shape index (κ2) is 6.08. The van der Waals surface area contributed by atoms with Crippen LogP contribution in [-0.2, 0) is 12.8 Å². The van der Waals surface area contributed by atoms with Gasteiger partial charge >= 0.3 is 0 Å². The minimum Gasteiger partial charge on any atom is -0.493 e. The van der Waals surface area contributed by atoms with Gasteiger partial charge in [-0.1, -0.05) is 41.4 Å². The second-order valence-corrected chi connectivity index (χ2v) is 6.14. The van der Waals surface area contributed by atoms with Gasteiger partial charge < -0.3 is 10.5 Å². The summed E-state index contributed by atoms with van der Waals surface area (Å²) in [5.41, 5.74) is 10.9. The molecule has 1 unspecified atom stereocenters. The Morgan fingerprint density at radius 3 is 2.71 bits per heavy atom. The molecule has 1 aliphatic rings. The minimum absolute atomic E-state index is 0.289. The van der Waals surface area contributed by atoms with Crippen molar-refractivity contribution in [1.82, 2.24) is 0 Å². The molecule has 21 heavy (non-hydrogen) atoms. The summed E-state index contributed by atoms with van der Waals surface area (Å²) in [5.74, 6) is 1.31. The Morgan fingerprint density at radius 1 is 1.24 bits per heavy atom. The maximum Gasteiger partial charge on any atom is 0.125 e. The van der Waals surface area contributed by atoms with Gasteiger partial charge in [-0.05, 0) is 48.7 Å². The standard InChI is InChI=1S/C18H20ClNO/c1-12-2-4-13(5-3-12)16(11-20)8-15-10-17(19)9-14-6-7-21-18(14)15/h2-5,9-10,16H,6-8,11,20H2,1H3. The molecular weight excluding hydrogens is 282 g/mol. The highest BCUT2D eigenvalue weighted by Crippen LogP contribution is 2.35. The molecule has 0 spiro atoms. The van der Waals surface area contributed by atoms with Gasteiger partial charge in [-0.2, -0.15) is 0 Å². The molecule has 0 bridgehead atoms. The van der Waals surface area contributed by atoms with E-state index in [-0.39, 0.29) is 5.92 Å². The zero-order valence-corrected chi connectivity index (χ0v) is 13.0. The molecule has 0 amide bonds. The van der Waals surface area contributed by atoms with Crippen LogP contribution in [0.2, 0.25) is 5.02 Å². The van der Waals surface area contributed by atoms with Crippen molar-refractivity contribution in [1.29, 1.82) is 0 Å². The van der Waals surface area contributed by atoms with Gasteiger partial charge in [-0.3, -0.25) is 0 Å². The van der Waals surface area contributed by atoms with Gasteiger partial charge in [-0.25, -0.2) is 0 Å². The molecule has 2 nitrogen and oxygen atoms in total. The molecule has 0 fully saturated rings. The lowest BCUT2D eigenvalue weighted by molar-refractivity contribution is 0.352. The van der Waals surface area contributed by atoms with Crippen LogP contribution < -0.4 is 10.5 Å². The summed E-state index contributed by atoms with van der Waals surface area (Å²) in [6.45, 7) is 3.46. The summed E-state index contributed by atoms with van der Waals surface area (Å²) < 4.78 is 5.79. The fourth-order valence-electron chi connectivity index (χ4n) is 2.94. The molecule has 3 rings (SSSR count). The molecule has 0 saturated heterocycles. The van der Waals surface area contributed by atoms with E-state index in [0.29, 0.717) is 6.54 Å². The average molecular weight is 302 g/mol.